The third kappa shape index (κ3) is 4.13. The molecule has 2 aromatic heterocycles. The number of aromatic nitrogens is 4. The highest BCUT2D eigenvalue weighted by Crippen LogP contribution is 2.23. The second kappa shape index (κ2) is 7.66. The molecule has 29 heavy (non-hydrogen) atoms. The van der Waals surface area contributed by atoms with Gasteiger partial charge in [-0.1, -0.05) is 32.9 Å². The maximum Gasteiger partial charge on any atom is 0.253 e. The molecule has 0 aliphatic carbocycles. The molecule has 1 amide bonds. The van der Waals surface area contributed by atoms with Crippen LogP contribution in [-0.2, 0) is 5.41 Å². The van der Waals surface area contributed by atoms with Crippen molar-refractivity contribution in [3.05, 3.63) is 66.2 Å². The van der Waals surface area contributed by atoms with Crippen LogP contribution in [0.2, 0.25) is 0 Å². The second-order valence-electron chi connectivity index (χ2n) is 8.33. The summed E-state index contributed by atoms with van der Waals surface area (Å²) >= 11 is 0. The third-order valence-electron chi connectivity index (χ3n) is 5.29. The van der Waals surface area contributed by atoms with Gasteiger partial charge in [0, 0.05) is 44.1 Å². The number of hydrogen-bond acceptors (Lipinski definition) is 5. The van der Waals surface area contributed by atoms with Crippen LogP contribution in [0.25, 0.3) is 5.82 Å². The average Bonchev–Trinajstić information content (AvgIpc) is 3.28. The van der Waals surface area contributed by atoms with Crippen molar-refractivity contribution in [1.29, 1.82) is 0 Å². The van der Waals surface area contributed by atoms with E-state index in [0.29, 0.717) is 13.1 Å². The highest BCUT2D eigenvalue weighted by atomic mass is 16.2. The fourth-order valence-electron chi connectivity index (χ4n) is 3.45. The number of hydrogen-bond donors (Lipinski definition) is 0. The summed E-state index contributed by atoms with van der Waals surface area (Å²) < 4.78 is 1.82. The zero-order chi connectivity index (χ0) is 20.4. The van der Waals surface area contributed by atoms with Gasteiger partial charge in [-0.25, -0.2) is 4.98 Å². The molecule has 1 saturated heterocycles. The Hall–Kier alpha value is -3.22. The first-order valence-corrected chi connectivity index (χ1v) is 9.89. The lowest BCUT2D eigenvalue weighted by Gasteiger charge is -2.35. The van der Waals surface area contributed by atoms with Gasteiger partial charge in [0.25, 0.3) is 5.91 Å². The van der Waals surface area contributed by atoms with E-state index in [-0.39, 0.29) is 11.3 Å². The Balaban J connectivity index is 1.37. The number of rotatable bonds is 3. The standard InChI is InChI=1S/C22H26N6O/c1-22(2,3)18-6-4-17(5-7-18)21(29)27-14-12-26(13-15-27)19-8-9-20(25-24-19)28-11-10-23-16-28/h4-11,16H,12-15H2,1-3H3. The molecule has 7 heteroatoms. The molecule has 1 fully saturated rings. The molecule has 0 bridgehead atoms. The summed E-state index contributed by atoms with van der Waals surface area (Å²) in [5.41, 5.74) is 2.06. The number of amides is 1. The van der Waals surface area contributed by atoms with E-state index < -0.39 is 0 Å². The summed E-state index contributed by atoms with van der Waals surface area (Å²) in [6.07, 6.45) is 5.24. The molecule has 4 rings (SSSR count). The van der Waals surface area contributed by atoms with Crippen molar-refractivity contribution in [1.82, 2.24) is 24.6 Å². The molecule has 0 N–H and O–H groups in total. The normalized spacial score (nSPS) is 14.9. The van der Waals surface area contributed by atoms with E-state index in [4.69, 9.17) is 0 Å². The van der Waals surface area contributed by atoms with Gasteiger partial charge in [-0.05, 0) is 35.2 Å². The van der Waals surface area contributed by atoms with Crippen molar-refractivity contribution < 1.29 is 4.79 Å². The predicted octanol–water partition coefficient (Wildman–Crippen LogP) is 2.92. The number of nitrogens with zero attached hydrogens (tertiary/aromatic N) is 6. The molecule has 1 aromatic carbocycles. The average molecular weight is 390 g/mol. The Morgan fingerprint density at radius 3 is 2.10 bits per heavy atom. The van der Waals surface area contributed by atoms with Gasteiger partial charge in [0.1, 0.15) is 6.33 Å². The largest absolute Gasteiger partial charge is 0.352 e. The van der Waals surface area contributed by atoms with Crippen LogP contribution in [0.3, 0.4) is 0 Å². The van der Waals surface area contributed by atoms with Crippen molar-refractivity contribution in [2.24, 2.45) is 0 Å². The monoisotopic (exact) mass is 390 g/mol. The molecular formula is C22H26N6O. The summed E-state index contributed by atoms with van der Waals surface area (Å²) in [5.74, 6) is 1.65. The number of carbonyl (C=O) groups is 1. The second-order valence-corrected chi connectivity index (χ2v) is 8.33. The summed E-state index contributed by atoms with van der Waals surface area (Å²) in [7, 11) is 0. The first-order valence-electron chi connectivity index (χ1n) is 9.89. The molecule has 0 saturated carbocycles. The van der Waals surface area contributed by atoms with Crippen molar-refractivity contribution in [3.63, 3.8) is 0 Å². The lowest BCUT2D eigenvalue weighted by atomic mass is 9.86. The fourth-order valence-corrected chi connectivity index (χ4v) is 3.45. The smallest absolute Gasteiger partial charge is 0.253 e. The van der Waals surface area contributed by atoms with Gasteiger partial charge < -0.3 is 9.80 Å². The van der Waals surface area contributed by atoms with Crippen LogP contribution in [0, 0.1) is 0 Å². The van der Waals surface area contributed by atoms with Crippen LogP contribution >= 0.6 is 0 Å². The quantitative estimate of drug-likeness (QED) is 0.688. The molecule has 7 nitrogen and oxygen atoms in total. The van der Waals surface area contributed by atoms with Crippen molar-refractivity contribution in [2.45, 2.75) is 26.2 Å². The van der Waals surface area contributed by atoms with E-state index in [1.165, 1.54) is 5.56 Å². The Bertz CT molecular complexity index is 950. The summed E-state index contributed by atoms with van der Waals surface area (Å²) in [5, 5.41) is 8.62. The molecule has 0 unspecified atom stereocenters. The number of carbonyl (C=O) groups excluding carboxylic acids is 1. The zero-order valence-electron chi connectivity index (χ0n) is 17.1. The number of benzene rings is 1. The fraction of sp³-hybridized carbons (Fsp3) is 0.364. The summed E-state index contributed by atoms with van der Waals surface area (Å²) in [4.78, 5) is 21.0. The van der Waals surface area contributed by atoms with E-state index in [1.807, 2.05) is 39.9 Å². The Morgan fingerprint density at radius 1 is 0.897 bits per heavy atom. The molecular weight excluding hydrogens is 364 g/mol. The minimum Gasteiger partial charge on any atom is -0.352 e. The Morgan fingerprint density at radius 2 is 1.55 bits per heavy atom. The van der Waals surface area contributed by atoms with E-state index in [9.17, 15) is 4.79 Å². The van der Waals surface area contributed by atoms with Gasteiger partial charge >= 0.3 is 0 Å². The van der Waals surface area contributed by atoms with E-state index in [0.717, 1.165) is 30.3 Å². The molecule has 3 heterocycles. The molecule has 150 valence electrons. The first-order chi connectivity index (χ1) is 13.9. The van der Waals surface area contributed by atoms with Gasteiger partial charge in [-0.15, -0.1) is 10.2 Å². The lowest BCUT2D eigenvalue weighted by Crippen LogP contribution is -2.49. The van der Waals surface area contributed by atoms with Crippen molar-refractivity contribution in [3.8, 4) is 5.82 Å². The third-order valence-corrected chi connectivity index (χ3v) is 5.29. The number of piperazine rings is 1. The van der Waals surface area contributed by atoms with Crippen molar-refractivity contribution >= 4 is 11.7 Å². The van der Waals surface area contributed by atoms with Crippen LogP contribution in [-0.4, -0.2) is 56.7 Å². The molecule has 1 aliphatic heterocycles. The SMILES string of the molecule is CC(C)(C)c1ccc(C(=O)N2CCN(c3ccc(-n4ccnc4)nn3)CC2)cc1. The van der Waals surface area contributed by atoms with Crippen LogP contribution in [0.15, 0.2) is 55.1 Å². The predicted molar refractivity (Wildman–Crippen MR) is 112 cm³/mol. The maximum atomic E-state index is 12.9. The summed E-state index contributed by atoms with van der Waals surface area (Å²) in [6.45, 7) is 9.35. The minimum atomic E-state index is 0.0850. The Kier molecular flexibility index (Phi) is 5.05. The highest BCUT2D eigenvalue weighted by molar-refractivity contribution is 5.94. The van der Waals surface area contributed by atoms with Gasteiger partial charge in [-0.3, -0.25) is 9.36 Å². The molecule has 1 aliphatic rings. The number of anilines is 1. The minimum absolute atomic E-state index is 0.0850. The van der Waals surface area contributed by atoms with Gasteiger partial charge in [0.05, 0.1) is 0 Å². The molecule has 0 atom stereocenters. The lowest BCUT2D eigenvalue weighted by molar-refractivity contribution is 0.0746. The topological polar surface area (TPSA) is 67.2 Å². The van der Waals surface area contributed by atoms with E-state index in [1.54, 1.807) is 12.5 Å². The van der Waals surface area contributed by atoms with E-state index in [2.05, 4.69) is 53.0 Å². The van der Waals surface area contributed by atoms with E-state index >= 15 is 0 Å². The van der Waals surface area contributed by atoms with Gasteiger partial charge in [-0.2, -0.15) is 0 Å². The van der Waals surface area contributed by atoms with Crippen LogP contribution in [0.1, 0.15) is 36.7 Å². The molecule has 3 aromatic rings. The zero-order valence-corrected chi connectivity index (χ0v) is 17.1. The number of imidazole rings is 1. The summed E-state index contributed by atoms with van der Waals surface area (Å²) in [6, 6.07) is 11.9. The van der Waals surface area contributed by atoms with Crippen LogP contribution < -0.4 is 4.90 Å². The molecule has 0 spiro atoms. The van der Waals surface area contributed by atoms with Crippen LogP contribution in [0.4, 0.5) is 5.82 Å². The highest BCUT2D eigenvalue weighted by Gasteiger charge is 2.23. The van der Waals surface area contributed by atoms with Crippen LogP contribution in [0.5, 0.6) is 0 Å². The Labute approximate surface area is 171 Å². The van der Waals surface area contributed by atoms with Crippen molar-refractivity contribution in [2.75, 3.05) is 31.1 Å². The van der Waals surface area contributed by atoms with Gasteiger partial charge in [0.15, 0.2) is 11.6 Å². The first kappa shape index (κ1) is 19.1. The van der Waals surface area contributed by atoms with Gasteiger partial charge in [0.2, 0.25) is 0 Å². The molecule has 0 radical (unpaired) electrons. The maximum absolute atomic E-state index is 12.9.